The molecule has 1 aliphatic rings. The molecular weight excluding hydrogens is 358 g/mol. The fourth-order valence-electron chi connectivity index (χ4n) is 2.51. The first-order valence-electron chi connectivity index (χ1n) is 8.15. The zero-order valence-electron chi connectivity index (χ0n) is 14.8. The lowest BCUT2D eigenvalue weighted by Gasteiger charge is -2.21. The van der Waals surface area contributed by atoms with Crippen LogP contribution in [0.4, 0.5) is 0 Å². The topological polar surface area (TPSA) is 94.8 Å². The minimum Gasteiger partial charge on any atom is -0.468 e. The van der Waals surface area contributed by atoms with E-state index in [1.807, 2.05) is 0 Å². The predicted molar refractivity (Wildman–Crippen MR) is 93.7 cm³/mol. The molecule has 26 heavy (non-hydrogen) atoms. The molecule has 0 bridgehead atoms. The van der Waals surface area contributed by atoms with Gasteiger partial charge < -0.3 is 19.2 Å². The van der Waals surface area contributed by atoms with Gasteiger partial charge in [-0.1, -0.05) is 20.8 Å². The van der Waals surface area contributed by atoms with Gasteiger partial charge in [0.25, 0.3) is 0 Å². The molecule has 0 saturated carbocycles. The summed E-state index contributed by atoms with van der Waals surface area (Å²) in [5, 5.41) is 1.65. The molecule has 140 valence electrons. The Bertz CT molecular complexity index is 896. The van der Waals surface area contributed by atoms with Gasteiger partial charge in [0, 0.05) is 18.0 Å². The Morgan fingerprint density at radius 2 is 1.92 bits per heavy atom. The van der Waals surface area contributed by atoms with Crippen molar-refractivity contribution < 1.29 is 27.1 Å². The first kappa shape index (κ1) is 18.3. The standard InChI is InChI=1S/C18H21NO6S/c1-18(2,3)17(20)19-10-16(14-5-4-8-23-14)26(21,22)12-6-7-13-15(9-12)25-11-24-13/h4-9,16H,10-11H2,1-3H3,(H,19,20)/t16-/m1/s1. The van der Waals surface area contributed by atoms with Crippen LogP contribution in [0.3, 0.4) is 0 Å². The number of hydrogen-bond acceptors (Lipinski definition) is 6. The third kappa shape index (κ3) is 3.55. The first-order valence-corrected chi connectivity index (χ1v) is 9.69. The molecule has 1 atom stereocenters. The summed E-state index contributed by atoms with van der Waals surface area (Å²) < 4.78 is 42.2. The van der Waals surface area contributed by atoms with Crippen molar-refractivity contribution >= 4 is 15.7 Å². The highest BCUT2D eigenvalue weighted by Crippen LogP contribution is 2.37. The predicted octanol–water partition coefficient (Wildman–Crippen LogP) is 2.69. The number of amides is 1. The molecule has 3 rings (SSSR count). The number of carbonyl (C=O) groups excluding carboxylic acids is 1. The van der Waals surface area contributed by atoms with E-state index in [-0.39, 0.29) is 29.9 Å². The highest BCUT2D eigenvalue weighted by atomic mass is 32.2. The number of nitrogens with one attached hydrogen (secondary N) is 1. The van der Waals surface area contributed by atoms with E-state index in [1.165, 1.54) is 18.4 Å². The van der Waals surface area contributed by atoms with Crippen LogP contribution in [0.25, 0.3) is 0 Å². The van der Waals surface area contributed by atoms with Crippen LogP contribution in [0.2, 0.25) is 0 Å². The van der Waals surface area contributed by atoms with Crippen LogP contribution in [0.1, 0.15) is 31.8 Å². The summed E-state index contributed by atoms with van der Waals surface area (Å²) in [5.41, 5.74) is -0.629. The SMILES string of the molecule is CC(C)(C)C(=O)NC[C@H](c1ccco1)S(=O)(=O)c1ccc2c(c1)OCO2. The largest absolute Gasteiger partial charge is 0.468 e. The van der Waals surface area contributed by atoms with Crippen molar-refractivity contribution in [3.63, 3.8) is 0 Å². The summed E-state index contributed by atoms with van der Waals surface area (Å²) in [5.74, 6) is 0.898. The van der Waals surface area contributed by atoms with E-state index in [1.54, 1.807) is 39.0 Å². The first-order chi connectivity index (χ1) is 12.2. The van der Waals surface area contributed by atoms with Crippen molar-refractivity contribution in [2.75, 3.05) is 13.3 Å². The Kier molecular flexibility index (Phi) is 4.70. The van der Waals surface area contributed by atoms with Crippen LogP contribution in [-0.4, -0.2) is 27.7 Å². The molecule has 1 aliphatic heterocycles. The second kappa shape index (κ2) is 6.68. The number of fused-ring (bicyclic) bond motifs is 1. The molecule has 1 aromatic heterocycles. The second-order valence-electron chi connectivity index (χ2n) is 7.02. The van der Waals surface area contributed by atoms with E-state index in [2.05, 4.69) is 5.32 Å². The van der Waals surface area contributed by atoms with Gasteiger partial charge in [0.05, 0.1) is 11.2 Å². The smallest absolute Gasteiger partial charge is 0.231 e. The molecule has 1 amide bonds. The average Bonchev–Trinajstić information content (AvgIpc) is 3.24. The minimum atomic E-state index is -3.83. The molecule has 0 unspecified atom stereocenters. The van der Waals surface area contributed by atoms with Crippen LogP contribution in [0.15, 0.2) is 45.9 Å². The fraction of sp³-hybridized carbons (Fsp3) is 0.389. The Morgan fingerprint density at radius 1 is 1.19 bits per heavy atom. The number of carbonyl (C=O) groups is 1. The van der Waals surface area contributed by atoms with Crippen LogP contribution in [-0.2, 0) is 14.6 Å². The molecule has 2 heterocycles. The van der Waals surface area contributed by atoms with Crippen molar-refractivity contribution in [1.29, 1.82) is 0 Å². The van der Waals surface area contributed by atoms with E-state index in [4.69, 9.17) is 13.9 Å². The number of ether oxygens (including phenoxy) is 2. The van der Waals surface area contributed by atoms with Gasteiger partial charge >= 0.3 is 0 Å². The lowest BCUT2D eigenvalue weighted by molar-refractivity contribution is -0.128. The lowest BCUT2D eigenvalue weighted by atomic mass is 9.96. The molecule has 0 saturated heterocycles. The maximum Gasteiger partial charge on any atom is 0.231 e. The zero-order valence-corrected chi connectivity index (χ0v) is 15.6. The molecule has 0 aliphatic carbocycles. The van der Waals surface area contributed by atoms with E-state index in [0.717, 1.165) is 0 Å². The highest BCUT2D eigenvalue weighted by molar-refractivity contribution is 7.91. The number of rotatable bonds is 5. The molecule has 1 N–H and O–H groups in total. The molecule has 0 radical (unpaired) electrons. The van der Waals surface area contributed by atoms with E-state index >= 15 is 0 Å². The van der Waals surface area contributed by atoms with Gasteiger partial charge in [-0.3, -0.25) is 4.79 Å². The van der Waals surface area contributed by atoms with Gasteiger partial charge in [-0.15, -0.1) is 0 Å². The van der Waals surface area contributed by atoms with Crippen LogP contribution < -0.4 is 14.8 Å². The highest BCUT2D eigenvalue weighted by Gasteiger charge is 2.34. The average molecular weight is 379 g/mol. The minimum absolute atomic E-state index is 0.0576. The van der Waals surface area contributed by atoms with Crippen molar-refractivity contribution in [3.05, 3.63) is 42.4 Å². The number of hydrogen-bond donors (Lipinski definition) is 1. The van der Waals surface area contributed by atoms with Crippen molar-refractivity contribution in [1.82, 2.24) is 5.32 Å². The monoisotopic (exact) mass is 379 g/mol. The maximum atomic E-state index is 13.2. The Balaban J connectivity index is 1.92. The Morgan fingerprint density at radius 3 is 2.58 bits per heavy atom. The van der Waals surface area contributed by atoms with Gasteiger partial charge in [-0.2, -0.15) is 0 Å². The van der Waals surface area contributed by atoms with Crippen molar-refractivity contribution in [2.45, 2.75) is 30.9 Å². The molecule has 8 heteroatoms. The quantitative estimate of drug-likeness (QED) is 0.858. The number of sulfone groups is 1. The normalized spacial score (nSPS) is 14.9. The summed E-state index contributed by atoms with van der Waals surface area (Å²) in [6.07, 6.45) is 1.41. The maximum absolute atomic E-state index is 13.2. The van der Waals surface area contributed by atoms with Crippen molar-refractivity contribution in [3.8, 4) is 11.5 Å². The second-order valence-corrected chi connectivity index (χ2v) is 9.15. The summed E-state index contributed by atoms with van der Waals surface area (Å²) in [6.45, 7) is 5.24. The molecular formula is C18H21NO6S. The van der Waals surface area contributed by atoms with E-state index < -0.39 is 20.5 Å². The van der Waals surface area contributed by atoms with Gasteiger partial charge in [0.1, 0.15) is 11.0 Å². The zero-order chi connectivity index (χ0) is 18.9. The number of benzene rings is 1. The Labute approximate surface area is 152 Å². The Hall–Kier alpha value is -2.48. The summed E-state index contributed by atoms with van der Waals surface area (Å²) in [4.78, 5) is 12.3. The van der Waals surface area contributed by atoms with Gasteiger partial charge in [0.15, 0.2) is 21.3 Å². The summed E-state index contributed by atoms with van der Waals surface area (Å²) in [7, 11) is -3.83. The van der Waals surface area contributed by atoms with Gasteiger partial charge in [-0.25, -0.2) is 8.42 Å². The van der Waals surface area contributed by atoms with Gasteiger partial charge in [-0.05, 0) is 24.3 Å². The lowest BCUT2D eigenvalue weighted by Crippen LogP contribution is -2.38. The van der Waals surface area contributed by atoms with Gasteiger partial charge in [0.2, 0.25) is 12.7 Å². The summed E-state index contributed by atoms with van der Waals surface area (Å²) in [6, 6.07) is 7.65. The molecule has 1 aromatic carbocycles. The molecule has 0 spiro atoms. The molecule has 7 nitrogen and oxygen atoms in total. The third-order valence-corrected chi connectivity index (χ3v) is 6.10. The fourth-order valence-corrected chi connectivity index (χ4v) is 4.11. The summed E-state index contributed by atoms with van der Waals surface area (Å²) >= 11 is 0. The van der Waals surface area contributed by atoms with E-state index in [9.17, 15) is 13.2 Å². The van der Waals surface area contributed by atoms with Crippen LogP contribution in [0.5, 0.6) is 11.5 Å². The van der Waals surface area contributed by atoms with E-state index in [0.29, 0.717) is 11.5 Å². The molecule has 0 fully saturated rings. The van der Waals surface area contributed by atoms with Crippen LogP contribution in [0, 0.1) is 5.41 Å². The van der Waals surface area contributed by atoms with Crippen LogP contribution >= 0.6 is 0 Å². The molecule has 2 aromatic rings. The third-order valence-electron chi connectivity index (χ3n) is 4.04. The van der Waals surface area contributed by atoms with Crippen molar-refractivity contribution in [2.24, 2.45) is 5.41 Å². The number of furan rings is 1.